The summed E-state index contributed by atoms with van der Waals surface area (Å²) in [7, 11) is 0. The lowest BCUT2D eigenvalue weighted by atomic mass is 10.0. The van der Waals surface area contributed by atoms with Crippen molar-refractivity contribution in [2.75, 3.05) is 13.1 Å². The second-order valence-corrected chi connectivity index (χ2v) is 7.26. The van der Waals surface area contributed by atoms with Crippen molar-refractivity contribution in [1.29, 1.82) is 0 Å². The molecule has 1 fully saturated rings. The van der Waals surface area contributed by atoms with E-state index in [4.69, 9.17) is 0 Å². The van der Waals surface area contributed by atoms with Crippen LogP contribution in [0, 0.1) is 0 Å². The van der Waals surface area contributed by atoms with Gasteiger partial charge in [-0.3, -0.25) is 14.2 Å². The van der Waals surface area contributed by atoms with E-state index in [1.54, 1.807) is 17.0 Å². The van der Waals surface area contributed by atoms with E-state index in [1.165, 1.54) is 0 Å². The third-order valence-electron chi connectivity index (χ3n) is 5.29. The summed E-state index contributed by atoms with van der Waals surface area (Å²) >= 11 is 0. The van der Waals surface area contributed by atoms with Gasteiger partial charge in [-0.1, -0.05) is 42.5 Å². The molecule has 0 radical (unpaired) electrons. The van der Waals surface area contributed by atoms with E-state index in [1.807, 2.05) is 66.4 Å². The normalized spacial score (nSPS) is 17.7. The van der Waals surface area contributed by atoms with Crippen LogP contribution in [0.3, 0.4) is 0 Å². The first-order valence-corrected chi connectivity index (χ1v) is 9.62. The second kappa shape index (κ2) is 7.80. The molecular weight excluding hydrogens is 350 g/mol. The highest BCUT2D eigenvalue weighted by atomic mass is 16.2. The molecule has 1 saturated heterocycles. The number of aromatic nitrogens is 2. The van der Waals surface area contributed by atoms with Crippen molar-refractivity contribution in [3.05, 3.63) is 82.4 Å². The van der Waals surface area contributed by atoms with Crippen molar-refractivity contribution in [3.8, 4) is 0 Å². The van der Waals surface area contributed by atoms with Crippen LogP contribution in [0.5, 0.6) is 0 Å². The van der Waals surface area contributed by atoms with Crippen molar-refractivity contribution in [1.82, 2.24) is 14.5 Å². The molecule has 1 aliphatic heterocycles. The lowest BCUT2D eigenvalue weighted by Crippen LogP contribution is -2.43. The molecule has 0 aliphatic carbocycles. The van der Waals surface area contributed by atoms with Crippen LogP contribution in [0.25, 0.3) is 17.0 Å². The molecule has 0 bridgehead atoms. The number of amides is 1. The van der Waals surface area contributed by atoms with Crippen LogP contribution in [0.4, 0.5) is 0 Å². The standard InChI is InChI=1S/C23H23N3O2/c1-17(14-18-8-3-2-4-9-18)22(27)25-13-7-10-19(15-25)26-16-24-21-12-6-5-11-20(21)23(26)28/h2-6,8-9,11-12,14,16,19H,7,10,13,15H2,1H3/b17-14-. The molecule has 1 atom stereocenters. The highest BCUT2D eigenvalue weighted by Gasteiger charge is 2.26. The fourth-order valence-electron chi connectivity index (χ4n) is 3.82. The van der Waals surface area contributed by atoms with E-state index < -0.39 is 0 Å². The first-order chi connectivity index (χ1) is 13.6. The molecule has 0 saturated carbocycles. The highest BCUT2D eigenvalue weighted by molar-refractivity contribution is 5.97. The predicted octanol–water partition coefficient (Wildman–Crippen LogP) is 3.66. The van der Waals surface area contributed by atoms with E-state index in [0.29, 0.717) is 29.6 Å². The molecule has 2 heterocycles. The molecule has 3 aromatic rings. The number of carbonyl (C=O) groups excluding carboxylic acids is 1. The van der Waals surface area contributed by atoms with Crippen molar-refractivity contribution in [2.45, 2.75) is 25.8 Å². The molecule has 5 nitrogen and oxygen atoms in total. The molecule has 4 rings (SSSR count). The highest BCUT2D eigenvalue weighted by Crippen LogP contribution is 2.22. The molecule has 1 aromatic heterocycles. The zero-order valence-corrected chi connectivity index (χ0v) is 15.9. The number of carbonyl (C=O) groups is 1. The predicted molar refractivity (Wildman–Crippen MR) is 111 cm³/mol. The minimum Gasteiger partial charge on any atom is -0.337 e. The molecule has 0 spiro atoms. The minimum atomic E-state index is -0.0492. The Hall–Kier alpha value is -3.21. The maximum absolute atomic E-state index is 12.9. The van der Waals surface area contributed by atoms with Gasteiger partial charge in [0.05, 0.1) is 23.3 Å². The Labute approximate surface area is 163 Å². The van der Waals surface area contributed by atoms with Gasteiger partial charge in [0.1, 0.15) is 0 Å². The Kier molecular flexibility index (Phi) is 5.06. The van der Waals surface area contributed by atoms with Gasteiger partial charge < -0.3 is 4.90 Å². The number of piperidine rings is 1. The number of likely N-dealkylation sites (tertiary alicyclic amines) is 1. The summed E-state index contributed by atoms with van der Waals surface area (Å²) in [6, 6.07) is 17.2. The van der Waals surface area contributed by atoms with Crippen molar-refractivity contribution >= 4 is 22.9 Å². The maximum Gasteiger partial charge on any atom is 0.261 e. The largest absolute Gasteiger partial charge is 0.337 e. The molecule has 0 N–H and O–H groups in total. The first-order valence-electron chi connectivity index (χ1n) is 9.62. The summed E-state index contributed by atoms with van der Waals surface area (Å²) in [5.41, 5.74) is 2.38. The van der Waals surface area contributed by atoms with Gasteiger partial charge in [0.2, 0.25) is 5.91 Å². The number of hydrogen-bond donors (Lipinski definition) is 0. The molecule has 1 unspecified atom stereocenters. The van der Waals surface area contributed by atoms with Crippen LogP contribution in [-0.4, -0.2) is 33.4 Å². The topological polar surface area (TPSA) is 55.2 Å². The maximum atomic E-state index is 12.9. The van der Waals surface area contributed by atoms with Crippen LogP contribution >= 0.6 is 0 Å². The number of hydrogen-bond acceptors (Lipinski definition) is 3. The van der Waals surface area contributed by atoms with Gasteiger partial charge >= 0.3 is 0 Å². The number of benzene rings is 2. The summed E-state index contributed by atoms with van der Waals surface area (Å²) in [5, 5.41) is 0.619. The van der Waals surface area contributed by atoms with E-state index >= 15 is 0 Å². The smallest absolute Gasteiger partial charge is 0.261 e. The zero-order valence-electron chi connectivity index (χ0n) is 15.9. The van der Waals surface area contributed by atoms with Gasteiger partial charge in [0.15, 0.2) is 0 Å². The molecular formula is C23H23N3O2. The molecule has 28 heavy (non-hydrogen) atoms. The molecule has 2 aromatic carbocycles. The number of para-hydroxylation sites is 1. The van der Waals surface area contributed by atoms with Crippen LogP contribution < -0.4 is 5.56 Å². The van der Waals surface area contributed by atoms with Crippen LogP contribution in [0.1, 0.15) is 31.4 Å². The average molecular weight is 373 g/mol. The second-order valence-electron chi connectivity index (χ2n) is 7.26. The van der Waals surface area contributed by atoms with Crippen molar-refractivity contribution < 1.29 is 4.79 Å². The number of rotatable bonds is 3. The molecule has 1 amide bonds. The third kappa shape index (κ3) is 3.60. The van der Waals surface area contributed by atoms with Gasteiger partial charge in [0.25, 0.3) is 5.56 Å². The van der Waals surface area contributed by atoms with E-state index in [9.17, 15) is 9.59 Å². The fraction of sp³-hybridized carbons (Fsp3) is 0.261. The Morgan fingerprint density at radius 1 is 1.11 bits per heavy atom. The van der Waals surface area contributed by atoms with Crippen molar-refractivity contribution in [3.63, 3.8) is 0 Å². The van der Waals surface area contributed by atoms with Gasteiger partial charge in [-0.25, -0.2) is 4.98 Å². The summed E-state index contributed by atoms with van der Waals surface area (Å²) in [5.74, 6) is 0.0235. The summed E-state index contributed by atoms with van der Waals surface area (Å²) in [6.07, 6.45) is 5.27. The van der Waals surface area contributed by atoms with E-state index in [-0.39, 0.29) is 17.5 Å². The minimum absolute atomic E-state index is 0.0235. The average Bonchev–Trinajstić information content (AvgIpc) is 2.74. The van der Waals surface area contributed by atoms with Crippen LogP contribution in [0.2, 0.25) is 0 Å². The summed E-state index contributed by atoms with van der Waals surface area (Å²) < 4.78 is 1.69. The lowest BCUT2D eigenvalue weighted by molar-refractivity contribution is -0.128. The Morgan fingerprint density at radius 2 is 1.86 bits per heavy atom. The van der Waals surface area contributed by atoms with Crippen LogP contribution in [-0.2, 0) is 4.79 Å². The Morgan fingerprint density at radius 3 is 2.68 bits per heavy atom. The van der Waals surface area contributed by atoms with E-state index in [2.05, 4.69) is 4.98 Å². The Balaban J connectivity index is 1.56. The Bertz CT molecular complexity index is 1090. The third-order valence-corrected chi connectivity index (χ3v) is 5.29. The van der Waals surface area contributed by atoms with Gasteiger partial charge in [0, 0.05) is 18.7 Å². The lowest BCUT2D eigenvalue weighted by Gasteiger charge is -2.33. The monoisotopic (exact) mass is 373 g/mol. The van der Waals surface area contributed by atoms with Gasteiger partial charge in [-0.2, -0.15) is 0 Å². The van der Waals surface area contributed by atoms with Crippen LogP contribution in [0.15, 0.2) is 71.3 Å². The van der Waals surface area contributed by atoms with E-state index in [0.717, 1.165) is 18.4 Å². The SMILES string of the molecule is C/C(=C/c1ccccc1)C(=O)N1CCCC(n2cnc3ccccc3c2=O)C1. The fourth-order valence-corrected chi connectivity index (χ4v) is 3.82. The summed E-state index contributed by atoms with van der Waals surface area (Å²) in [6.45, 7) is 3.09. The van der Waals surface area contributed by atoms with Gasteiger partial charge in [-0.05, 0) is 43.5 Å². The van der Waals surface area contributed by atoms with Gasteiger partial charge in [-0.15, -0.1) is 0 Å². The molecule has 1 aliphatic rings. The molecule has 5 heteroatoms. The van der Waals surface area contributed by atoms with Crippen molar-refractivity contribution in [2.24, 2.45) is 0 Å². The quantitative estimate of drug-likeness (QED) is 0.659. The number of nitrogens with zero attached hydrogens (tertiary/aromatic N) is 3. The zero-order chi connectivity index (χ0) is 19.5. The number of fused-ring (bicyclic) bond motifs is 1. The molecule has 142 valence electrons. The summed E-state index contributed by atoms with van der Waals surface area (Å²) in [4.78, 5) is 32.1. The first kappa shape index (κ1) is 18.2.